The minimum absolute atomic E-state index is 0.321. The summed E-state index contributed by atoms with van der Waals surface area (Å²) in [6, 6.07) is 7.36. The Morgan fingerprint density at radius 2 is 1.94 bits per heavy atom. The van der Waals surface area contributed by atoms with E-state index in [0.29, 0.717) is 18.9 Å². The van der Waals surface area contributed by atoms with Gasteiger partial charge in [-0.15, -0.1) is 11.6 Å². The van der Waals surface area contributed by atoms with Crippen LogP contribution in [0, 0.1) is 5.92 Å². The monoisotopic (exact) mass is 256 g/mol. The smallest absolute Gasteiger partial charge is 0.321 e. The molecule has 1 rings (SSSR count). The van der Waals surface area contributed by atoms with Crippen molar-refractivity contribution in [2.45, 2.75) is 25.6 Å². The molecule has 0 fully saturated rings. The Kier molecular flexibility index (Phi) is 5.29. The van der Waals surface area contributed by atoms with Gasteiger partial charge in [-0.1, -0.05) is 26.0 Å². The topological polar surface area (TPSA) is 46.5 Å². The first-order valence-electron chi connectivity index (χ1n) is 5.57. The number of carboxylic acids is 1. The molecule has 0 aromatic heterocycles. The van der Waals surface area contributed by atoms with E-state index in [1.54, 1.807) is 0 Å². The van der Waals surface area contributed by atoms with Gasteiger partial charge in [-0.25, -0.2) is 0 Å². The van der Waals surface area contributed by atoms with Gasteiger partial charge < -0.3 is 9.84 Å². The minimum atomic E-state index is -0.994. The number of hydrogen-bond donors (Lipinski definition) is 1. The zero-order chi connectivity index (χ0) is 12.8. The van der Waals surface area contributed by atoms with Crippen LogP contribution in [0.3, 0.4) is 0 Å². The number of aliphatic carboxylic acids is 1. The summed E-state index contributed by atoms with van der Waals surface area (Å²) in [7, 11) is 0. The summed E-state index contributed by atoms with van der Waals surface area (Å²) in [5.74, 6) is 0.282. The molecule has 1 unspecified atom stereocenters. The van der Waals surface area contributed by atoms with Crippen LogP contribution in [0.2, 0.25) is 0 Å². The molecule has 1 aromatic rings. The lowest BCUT2D eigenvalue weighted by molar-refractivity contribution is -0.136. The minimum Gasteiger partial charge on any atom is -0.493 e. The lowest BCUT2D eigenvalue weighted by Gasteiger charge is -2.09. The van der Waals surface area contributed by atoms with E-state index in [0.717, 1.165) is 11.3 Å². The predicted molar refractivity (Wildman–Crippen MR) is 67.8 cm³/mol. The molecule has 1 aromatic carbocycles. The van der Waals surface area contributed by atoms with Crippen molar-refractivity contribution in [1.29, 1.82) is 0 Å². The summed E-state index contributed by atoms with van der Waals surface area (Å²) in [4.78, 5) is 10.6. The number of alkyl halides is 1. The molecule has 94 valence electrons. The molecule has 0 aliphatic heterocycles. The normalized spacial score (nSPS) is 12.5. The Bertz CT molecular complexity index is 359. The summed E-state index contributed by atoms with van der Waals surface area (Å²) < 4.78 is 5.53. The van der Waals surface area contributed by atoms with Gasteiger partial charge in [-0.05, 0) is 30.0 Å². The molecule has 0 heterocycles. The lowest BCUT2D eigenvalue weighted by Crippen LogP contribution is -2.15. The largest absolute Gasteiger partial charge is 0.493 e. The molecule has 0 saturated heterocycles. The second kappa shape index (κ2) is 6.50. The van der Waals surface area contributed by atoms with E-state index in [1.165, 1.54) is 0 Å². The van der Waals surface area contributed by atoms with Gasteiger partial charge in [-0.2, -0.15) is 0 Å². The molecule has 0 amide bonds. The number of halogens is 1. The zero-order valence-corrected chi connectivity index (χ0v) is 10.8. The molecule has 0 aliphatic rings. The van der Waals surface area contributed by atoms with E-state index in [9.17, 15) is 4.79 Å². The number of rotatable bonds is 6. The Balaban J connectivity index is 2.53. The molecule has 1 atom stereocenters. The molecule has 0 aliphatic carbocycles. The Morgan fingerprint density at radius 3 is 2.41 bits per heavy atom. The fraction of sp³-hybridized carbons (Fsp3) is 0.462. The maximum Gasteiger partial charge on any atom is 0.321 e. The Labute approximate surface area is 106 Å². The highest BCUT2D eigenvalue weighted by atomic mass is 35.5. The number of hydrogen-bond acceptors (Lipinski definition) is 2. The highest BCUT2D eigenvalue weighted by Gasteiger charge is 2.13. The number of carbonyl (C=O) groups is 1. The highest BCUT2D eigenvalue weighted by molar-refractivity contribution is 6.29. The Hall–Kier alpha value is -1.22. The molecular weight excluding hydrogens is 240 g/mol. The van der Waals surface area contributed by atoms with Gasteiger partial charge >= 0.3 is 5.97 Å². The predicted octanol–water partition coefficient (Wildman–Crippen LogP) is 2.96. The molecular formula is C13H17ClO3. The molecule has 17 heavy (non-hydrogen) atoms. The first kappa shape index (κ1) is 13.8. The third-order valence-corrected chi connectivity index (χ3v) is 2.53. The van der Waals surface area contributed by atoms with Gasteiger partial charge in [0.1, 0.15) is 11.1 Å². The van der Waals surface area contributed by atoms with Crippen molar-refractivity contribution in [2.75, 3.05) is 6.61 Å². The van der Waals surface area contributed by atoms with E-state index in [1.807, 2.05) is 24.3 Å². The number of ether oxygens (including phenoxy) is 1. The van der Waals surface area contributed by atoms with E-state index >= 15 is 0 Å². The molecule has 0 bridgehead atoms. The van der Waals surface area contributed by atoms with Gasteiger partial charge in [0.25, 0.3) is 0 Å². The van der Waals surface area contributed by atoms with Crippen LogP contribution in [0.1, 0.15) is 19.4 Å². The van der Waals surface area contributed by atoms with Crippen molar-refractivity contribution in [3.05, 3.63) is 29.8 Å². The van der Waals surface area contributed by atoms with Gasteiger partial charge in [0.2, 0.25) is 0 Å². The van der Waals surface area contributed by atoms with Crippen LogP contribution in [-0.4, -0.2) is 23.1 Å². The third-order valence-electron chi connectivity index (χ3n) is 2.19. The van der Waals surface area contributed by atoms with Crippen molar-refractivity contribution >= 4 is 17.6 Å². The van der Waals surface area contributed by atoms with E-state index < -0.39 is 11.3 Å². The maximum atomic E-state index is 10.6. The van der Waals surface area contributed by atoms with Crippen LogP contribution < -0.4 is 4.74 Å². The summed E-state index contributed by atoms with van der Waals surface area (Å²) in [5.41, 5.74) is 0.893. The molecule has 3 nitrogen and oxygen atoms in total. The van der Waals surface area contributed by atoms with Crippen molar-refractivity contribution in [1.82, 2.24) is 0 Å². The van der Waals surface area contributed by atoms with E-state index in [-0.39, 0.29) is 0 Å². The summed E-state index contributed by atoms with van der Waals surface area (Å²) in [6.07, 6.45) is 0.321. The second-order valence-corrected chi connectivity index (χ2v) is 4.89. The highest BCUT2D eigenvalue weighted by Crippen LogP contribution is 2.15. The van der Waals surface area contributed by atoms with Gasteiger partial charge in [0, 0.05) is 0 Å². The van der Waals surface area contributed by atoms with E-state index in [2.05, 4.69) is 13.8 Å². The fourth-order valence-corrected chi connectivity index (χ4v) is 1.46. The summed E-state index contributed by atoms with van der Waals surface area (Å²) in [6.45, 7) is 4.84. The molecule has 4 heteroatoms. The number of carboxylic acid groups (broad SMARTS) is 1. The molecule has 0 saturated carbocycles. The maximum absolute atomic E-state index is 10.6. The first-order chi connectivity index (χ1) is 7.99. The fourth-order valence-electron chi connectivity index (χ4n) is 1.28. The molecule has 0 radical (unpaired) electrons. The number of benzene rings is 1. The van der Waals surface area contributed by atoms with Crippen molar-refractivity contribution in [3.8, 4) is 5.75 Å². The molecule has 1 N–H and O–H groups in total. The third kappa shape index (κ3) is 5.09. The van der Waals surface area contributed by atoms with Crippen molar-refractivity contribution < 1.29 is 14.6 Å². The zero-order valence-electron chi connectivity index (χ0n) is 10.0. The van der Waals surface area contributed by atoms with Crippen LogP contribution in [0.5, 0.6) is 5.75 Å². The SMILES string of the molecule is CC(C)COc1ccc(CC(Cl)C(=O)O)cc1. The lowest BCUT2D eigenvalue weighted by atomic mass is 10.1. The first-order valence-corrected chi connectivity index (χ1v) is 6.01. The van der Waals surface area contributed by atoms with Crippen LogP contribution in [0.25, 0.3) is 0 Å². The average molecular weight is 257 g/mol. The summed E-state index contributed by atoms with van der Waals surface area (Å²) in [5, 5.41) is 7.81. The van der Waals surface area contributed by atoms with Crippen LogP contribution >= 0.6 is 11.6 Å². The van der Waals surface area contributed by atoms with Crippen molar-refractivity contribution in [3.63, 3.8) is 0 Å². The summed E-state index contributed by atoms with van der Waals surface area (Å²) >= 11 is 5.66. The van der Waals surface area contributed by atoms with Crippen LogP contribution in [-0.2, 0) is 11.2 Å². The Morgan fingerprint density at radius 1 is 1.35 bits per heavy atom. The average Bonchev–Trinajstić information content (AvgIpc) is 2.28. The quantitative estimate of drug-likeness (QED) is 0.796. The van der Waals surface area contributed by atoms with Crippen molar-refractivity contribution in [2.24, 2.45) is 5.92 Å². The second-order valence-electron chi connectivity index (χ2n) is 4.36. The van der Waals surface area contributed by atoms with E-state index in [4.69, 9.17) is 21.4 Å². The van der Waals surface area contributed by atoms with Gasteiger partial charge in [-0.3, -0.25) is 4.79 Å². The van der Waals surface area contributed by atoms with Crippen LogP contribution in [0.15, 0.2) is 24.3 Å². The van der Waals surface area contributed by atoms with Gasteiger partial charge in [0.05, 0.1) is 6.61 Å². The molecule has 0 spiro atoms. The van der Waals surface area contributed by atoms with Crippen LogP contribution in [0.4, 0.5) is 0 Å². The van der Waals surface area contributed by atoms with Gasteiger partial charge in [0.15, 0.2) is 0 Å². The standard InChI is InChI=1S/C13H17ClO3/c1-9(2)8-17-11-5-3-10(4-6-11)7-12(14)13(15)16/h3-6,9,12H,7-8H2,1-2H3,(H,15,16).